The van der Waals surface area contributed by atoms with Crippen molar-refractivity contribution in [3.8, 4) is 0 Å². The zero-order valence-corrected chi connectivity index (χ0v) is 12.2. The first-order chi connectivity index (χ1) is 9.17. The standard InChI is InChI=1S/C13H19N3O2S/c1-3-5-10-12(19-15-14-10)13(18)16-7-6-11(17)9(4-2)8-16/h9H,3-8H2,1-2H3. The van der Waals surface area contributed by atoms with Crippen molar-refractivity contribution in [1.82, 2.24) is 14.5 Å². The van der Waals surface area contributed by atoms with Gasteiger partial charge in [-0.3, -0.25) is 9.59 Å². The highest BCUT2D eigenvalue weighted by Gasteiger charge is 2.30. The van der Waals surface area contributed by atoms with Gasteiger partial charge in [-0.1, -0.05) is 24.8 Å². The molecule has 1 aromatic heterocycles. The monoisotopic (exact) mass is 281 g/mol. The predicted octanol–water partition coefficient (Wildman–Crippen LogP) is 1.93. The van der Waals surface area contributed by atoms with Gasteiger partial charge in [-0.2, -0.15) is 0 Å². The minimum absolute atomic E-state index is 0.00629. The molecule has 0 saturated carbocycles. The van der Waals surface area contributed by atoms with Crippen molar-refractivity contribution in [3.63, 3.8) is 0 Å². The second kappa shape index (κ2) is 6.23. The van der Waals surface area contributed by atoms with Crippen molar-refractivity contribution >= 4 is 23.2 Å². The van der Waals surface area contributed by atoms with Crippen LogP contribution < -0.4 is 0 Å². The molecule has 6 heteroatoms. The normalized spacial score (nSPS) is 19.8. The van der Waals surface area contributed by atoms with E-state index < -0.39 is 0 Å². The molecule has 5 nitrogen and oxygen atoms in total. The van der Waals surface area contributed by atoms with Crippen LogP contribution in [0.1, 0.15) is 48.5 Å². The van der Waals surface area contributed by atoms with Crippen LogP contribution in [0.4, 0.5) is 0 Å². The molecule has 1 saturated heterocycles. The summed E-state index contributed by atoms with van der Waals surface area (Å²) in [6.07, 6.45) is 2.99. The van der Waals surface area contributed by atoms with Gasteiger partial charge in [0.1, 0.15) is 10.7 Å². The van der Waals surface area contributed by atoms with Gasteiger partial charge in [0.25, 0.3) is 5.91 Å². The van der Waals surface area contributed by atoms with Gasteiger partial charge in [-0.15, -0.1) is 5.10 Å². The lowest BCUT2D eigenvalue weighted by molar-refractivity contribution is -0.125. The molecule has 2 rings (SSSR count). The van der Waals surface area contributed by atoms with E-state index in [0.717, 1.165) is 36.5 Å². The van der Waals surface area contributed by atoms with Crippen molar-refractivity contribution in [1.29, 1.82) is 0 Å². The summed E-state index contributed by atoms with van der Waals surface area (Å²) in [5.41, 5.74) is 0.794. The largest absolute Gasteiger partial charge is 0.337 e. The minimum atomic E-state index is -0.00981. The van der Waals surface area contributed by atoms with E-state index in [-0.39, 0.29) is 17.6 Å². The Hall–Kier alpha value is -1.30. The van der Waals surface area contributed by atoms with Gasteiger partial charge in [-0.05, 0) is 24.4 Å². The Morgan fingerprint density at radius 2 is 2.26 bits per heavy atom. The number of hydrogen-bond acceptors (Lipinski definition) is 5. The first kappa shape index (κ1) is 14.1. The quantitative estimate of drug-likeness (QED) is 0.846. The average molecular weight is 281 g/mol. The molecule has 1 fully saturated rings. The molecule has 2 heterocycles. The Labute approximate surface area is 117 Å². The number of carbonyl (C=O) groups excluding carboxylic acids is 2. The topological polar surface area (TPSA) is 63.2 Å². The Morgan fingerprint density at radius 3 is 2.95 bits per heavy atom. The highest BCUT2D eigenvalue weighted by Crippen LogP contribution is 2.21. The molecule has 1 unspecified atom stereocenters. The third-order valence-electron chi connectivity index (χ3n) is 3.54. The number of hydrogen-bond donors (Lipinski definition) is 0. The maximum Gasteiger partial charge on any atom is 0.267 e. The van der Waals surface area contributed by atoms with Crippen LogP contribution in [0.2, 0.25) is 0 Å². The molecule has 0 bridgehead atoms. The van der Waals surface area contributed by atoms with Crippen LogP contribution in [-0.4, -0.2) is 39.3 Å². The summed E-state index contributed by atoms with van der Waals surface area (Å²) in [5, 5.41) is 4.03. The van der Waals surface area contributed by atoms with Gasteiger partial charge in [0, 0.05) is 25.4 Å². The Morgan fingerprint density at radius 1 is 1.47 bits per heavy atom. The lowest BCUT2D eigenvalue weighted by atomic mass is 9.94. The predicted molar refractivity (Wildman–Crippen MR) is 73.2 cm³/mol. The van der Waals surface area contributed by atoms with Crippen molar-refractivity contribution in [2.24, 2.45) is 5.92 Å². The van der Waals surface area contributed by atoms with Crippen LogP contribution in [0.5, 0.6) is 0 Å². The number of ketones is 1. The van der Waals surface area contributed by atoms with E-state index in [2.05, 4.69) is 16.5 Å². The van der Waals surface area contributed by atoms with Gasteiger partial charge in [-0.25, -0.2) is 0 Å². The van der Waals surface area contributed by atoms with Gasteiger partial charge >= 0.3 is 0 Å². The van der Waals surface area contributed by atoms with Crippen LogP contribution in [0.3, 0.4) is 0 Å². The number of rotatable bonds is 4. The summed E-state index contributed by atoms with van der Waals surface area (Å²) >= 11 is 1.16. The molecule has 0 spiro atoms. The molecule has 0 N–H and O–H groups in total. The summed E-state index contributed by atoms with van der Waals surface area (Å²) in [5.74, 6) is 0.264. The SMILES string of the molecule is CCCc1nnsc1C(=O)N1CCC(=O)C(CC)C1. The van der Waals surface area contributed by atoms with Gasteiger partial charge in [0.2, 0.25) is 0 Å². The Kier molecular flexibility index (Phi) is 4.63. The van der Waals surface area contributed by atoms with E-state index in [1.165, 1.54) is 0 Å². The molecule has 104 valence electrons. The highest BCUT2D eigenvalue weighted by atomic mass is 32.1. The third kappa shape index (κ3) is 3.00. The van der Waals surface area contributed by atoms with Crippen molar-refractivity contribution in [3.05, 3.63) is 10.6 Å². The van der Waals surface area contributed by atoms with Crippen LogP contribution in [0, 0.1) is 5.92 Å². The minimum Gasteiger partial charge on any atom is -0.337 e. The summed E-state index contributed by atoms with van der Waals surface area (Å²) < 4.78 is 3.89. The number of aryl methyl sites for hydroxylation is 1. The highest BCUT2D eigenvalue weighted by molar-refractivity contribution is 7.08. The second-order valence-corrected chi connectivity index (χ2v) is 5.63. The number of carbonyl (C=O) groups is 2. The average Bonchev–Trinajstić information content (AvgIpc) is 2.87. The zero-order chi connectivity index (χ0) is 13.8. The first-order valence-electron chi connectivity index (χ1n) is 6.80. The maximum atomic E-state index is 12.5. The lowest BCUT2D eigenvalue weighted by Crippen LogP contribution is -2.43. The number of piperidine rings is 1. The molecular weight excluding hydrogens is 262 g/mol. The molecule has 1 aromatic rings. The number of likely N-dealkylation sites (tertiary alicyclic amines) is 1. The molecule has 0 aliphatic carbocycles. The van der Waals surface area contributed by atoms with Crippen molar-refractivity contribution in [2.75, 3.05) is 13.1 Å². The van der Waals surface area contributed by atoms with E-state index in [4.69, 9.17) is 0 Å². The molecule has 0 radical (unpaired) electrons. The molecule has 1 aliphatic heterocycles. The van der Waals surface area contributed by atoms with E-state index >= 15 is 0 Å². The molecular formula is C13H19N3O2S. The molecule has 1 amide bonds. The Balaban J connectivity index is 2.11. The number of Topliss-reactive ketones (excluding diaryl/α,β-unsaturated/α-hetero) is 1. The van der Waals surface area contributed by atoms with E-state index in [9.17, 15) is 9.59 Å². The fraction of sp³-hybridized carbons (Fsp3) is 0.692. The lowest BCUT2D eigenvalue weighted by Gasteiger charge is -2.31. The van der Waals surface area contributed by atoms with Crippen LogP contribution in [-0.2, 0) is 11.2 Å². The third-order valence-corrected chi connectivity index (χ3v) is 4.30. The van der Waals surface area contributed by atoms with Crippen molar-refractivity contribution < 1.29 is 9.59 Å². The number of aromatic nitrogens is 2. The fourth-order valence-corrected chi connectivity index (χ4v) is 3.04. The molecule has 1 aliphatic rings. The Bertz CT molecular complexity index is 472. The number of nitrogens with zero attached hydrogens (tertiary/aromatic N) is 3. The van der Waals surface area contributed by atoms with E-state index in [1.807, 2.05) is 6.92 Å². The van der Waals surface area contributed by atoms with Gasteiger partial charge in [0.15, 0.2) is 0 Å². The van der Waals surface area contributed by atoms with Crippen LogP contribution in [0.15, 0.2) is 0 Å². The van der Waals surface area contributed by atoms with Gasteiger partial charge in [0.05, 0.1) is 5.69 Å². The molecule has 0 aromatic carbocycles. The molecule has 1 atom stereocenters. The van der Waals surface area contributed by atoms with Crippen LogP contribution in [0.25, 0.3) is 0 Å². The summed E-state index contributed by atoms with van der Waals surface area (Å²) in [7, 11) is 0. The summed E-state index contributed by atoms with van der Waals surface area (Å²) in [4.78, 5) is 26.6. The fourth-order valence-electron chi connectivity index (χ4n) is 2.36. The first-order valence-corrected chi connectivity index (χ1v) is 7.57. The van der Waals surface area contributed by atoms with Gasteiger partial charge < -0.3 is 4.90 Å². The van der Waals surface area contributed by atoms with Crippen molar-refractivity contribution in [2.45, 2.75) is 39.5 Å². The van der Waals surface area contributed by atoms with E-state index in [1.54, 1.807) is 4.90 Å². The number of amides is 1. The smallest absolute Gasteiger partial charge is 0.267 e. The summed E-state index contributed by atoms with van der Waals surface area (Å²) in [6, 6.07) is 0. The molecule has 19 heavy (non-hydrogen) atoms. The van der Waals surface area contributed by atoms with E-state index in [0.29, 0.717) is 24.4 Å². The summed E-state index contributed by atoms with van der Waals surface area (Å²) in [6.45, 7) is 5.11. The maximum absolute atomic E-state index is 12.5. The zero-order valence-electron chi connectivity index (χ0n) is 11.4. The van der Waals surface area contributed by atoms with Crippen LogP contribution >= 0.6 is 11.5 Å². The second-order valence-electron chi connectivity index (χ2n) is 4.87.